The van der Waals surface area contributed by atoms with Crippen LogP contribution in [0.1, 0.15) is 43.7 Å². The zero-order valence-corrected chi connectivity index (χ0v) is 11.5. The third-order valence-corrected chi connectivity index (χ3v) is 3.79. The molecule has 116 valence electrons. The number of alkyl halides is 3. The van der Waals surface area contributed by atoms with Crippen molar-refractivity contribution in [1.29, 1.82) is 0 Å². The SMILES string of the molecule is O=C(CC1(O)CCCC1)NC(c1ccccc1)C(F)(F)F. The molecule has 1 atom stereocenters. The molecule has 0 bridgehead atoms. The molecular weight excluding hydrogens is 283 g/mol. The molecule has 0 saturated heterocycles. The van der Waals surface area contributed by atoms with Gasteiger partial charge in [0.1, 0.15) is 0 Å². The van der Waals surface area contributed by atoms with Crippen molar-refractivity contribution in [2.75, 3.05) is 0 Å². The first-order valence-corrected chi connectivity index (χ1v) is 6.94. The Balaban J connectivity index is 2.07. The van der Waals surface area contributed by atoms with Gasteiger partial charge < -0.3 is 10.4 Å². The van der Waals surface area contributed by atoms with Crippen molar-refractivity contribution >= 4 is 5.91 Å². The van der Waals surface area contributed by atoms with Crippen LogP contribution in [-0.4, -0.2) is 22.8 Å². The second-order valence-corrected chi connectivity index (χ2v) is 5.56. The fourth-order valence-electron chi connectivity index (χ4n) is 2.72. The van der Waals surface area contributed by atoms with Crippen LogP contribution in [0.25, 0.3) is 0 Å². The molecule has 0 aliphatic heterocycles. The van der Waals surface area contributed by atoms with Crippen molar-refractivity contribution < 1.29 is 23.1 Å². The first-order chi connectivity index (χ1) is 9.80. The lowest BCUT2D eigenvalue weighted by Crippen LogP contribution is -2.41. The fraction of sp³-hybridized carbons (Fsp3) is 0.533. The number of hydrogen-bond donors (Lipinski definition) is 2. The number of amides is 1. The van der Waals surface area contributed by atoms with E-state index in [4.69, 9.17) is 0 Å². The van der Waals surface area contributed by atoms with Gasteiger partial charge >= 0.3 is 6.18 Å². The molecule has 0 heterocycles. The van der Waals surface area contributed by atoms with E-state index < -0.39 is 23.7 Å². The van der Waals surface area contributed by atoms with Crippen molar-refractivity contribution in [3.8, 4) is 0 Å². The predicted octanol–water partition coefficient (Wildman–Crippen LogP) is 3.10. The summed E-state index contributed by atoms with van der Waals surface area (Å²) in [6.45, 7) is 0. The quantitative estimate of drug-likeness (QED) is 0.898. The average Bonchev–Trinajstić information content (AvgIpc) is 2.82. The standard InChI is InChI=1S/C15H18F3NO2/c16-15(17,18)13(11-6-2-1-3-7-11)19-12(20)10-14(21)8-4-5-9-14/h1-3,6-7,13,21H,4-5,8-10H2,(H,19,20). The molecule has 0 radical (unpaired) electrons. The van der Waals surface area contributed by atoms with Gasteiger partial charge in [0.15, 0.2) is 6.04 Å². The van der Waals surface area contributed by atoms with Crippen molar-refractivity contribution in [3.05, 3.63) is 35.9 Å². The third-order valence-electron chi connectivity index (χ3n) is 3.79. The average molecular weight is 301 g/mol. The number of carbonyl (C=O) groups excluding carboxylic acids is 1. The molecule has 1 fully saturated rings. The summed E-state index contributed by atoms with van der Waals surface area (Å²) in [4.78, 5) is 11.9. The summed E-state index contributed by atoms with van der Waals surface area (Å²) in [6, 6.07) is 5.19. The highest BCUT2D eigenvalue weighted by Gasteiger charge is 2.43. The Kier molecular flexibility index (Phi) is 4.56. The number of carbonyl (C=O) groups is 1. The van der Waals surface area contributed by atoms with E-state index in [-0.39, 0.29) is 12.0 Å². The Morgan fingerprint density at radius 2 is 1.81 bits per heavy atom. The van der Waals surface area contributed by atoms with Crippen molar-refractivity contribution in [2.45, 2.75) is 49.9 Å². The fourth-order valence-corrected chi connectivity index (χ4v) is 2.72. The molecule has 1 amide bonds. The predicted molar refractivity (Wildman–Crippen MR) is 71.4 cm³/mol. The first-order valence-electron chi connectivity index (χ1n) is 6.94. The maximum atomic E-state index is 13.1. The number of hydrogen-bond acceptors (Lipinski definition) is 2. The molecule has 3 nitrogen and oxygen atoms in total. The molecule has 2 rings (SSSR count). The molecule has 1 aliphatic rings. The van der Waals surface area contributed by atoms with Crippen LogP contribution in [0.2, 0.25) is 0 Å². The van der Waals surface area contributed by atoms with E-state index in [0.29, 0.717) is 12.8 Å². The van der Waals surface area contributed by atoms with Gasteiger partial charge in [-0.2, -0.15) is 13.2 Å². The second-order valence-electron chi connectivity index (χ2n) is 5.56. The Morgan fingerprint density at radius 3 is 2.33 bits per heavy atom. The van der Waals surface area contributed by atoms with E-state index in [1.54, 1.807) is 6.07 Å². The van der Waals surface area contributed by atoms with Crippen LogP contribution >= 0.6 is 0 Å². The Hall–Kier alpha value is -1.56. The number of halogens is 3. The summed E-state index contributed by atoms with van der Waals surface area (Å²) < 4.78 is 39.3. The third kappa shape index (κ3) is 4.20. The minimum absolute atomic E-state index is 0.0169. The summed E-state index contributed by atoms with van der Waals surface area (Å²) >= 11 is 0. The van der Waals surface area contributed by atoms with Gasteiger partial charge in [-0.05, 0) is 18.4 Å². The molecule has 1 aliphatic carbocycles. The van der Waals surface area contributed by atoms with Crippen LogP contribution in [0.5, 0.6) is 0 Å². The maximum Gasteiger partial charge on any atom is 0.412 e. The number of aliphatic hydroxyl groups is 1. The zero-order chi connectivity index (χ0) is 15.5. The van der Waals surface area contributed by atoms with E-state index in [2.05, 4.69) is 0 Å². The Morgan fingerprint density at radius 1 is 1.24 bits per heavy atom. The van der Waals surface area contributed by atoms with Gasteiger partial charge in [0.2, 0.25) is 5.91 Å². The van der Waals surface area contributed by atoms with Crippen molar-refractivity contribution in [3.63, 3.8) is 0 Å². The smallest absolute Gasteiger partial charge is 0.389 e. The molecule has 0 spiro atoms. The van der Waals surface area contributed by atoms with E-state index >= 15 is 0 Å². The van der Waals surface area contributed by atoms with Crippen molar-refractivity contribution in [2.24, 2.45) is 0 Å². The lowest BCUT2D eigenvalue weighted by atomic mass is 9.97. The van der Waals surface area contributed by atoms with E-state index in [0.717, 1.165) is 12.8 Å². The van der Waals surface area contributed by atoms with Gasteiger partial charge in [-0.3, -0.25) is 4.79 Å². The Labute approximate surface area is 121 Å². The van der Waals surface area contributed by atoms with E-state index in [1.807, 2.05) is 5.32 Å². The van der Waals surface area contributed by atoms with Gasteiger partial charge in [-0.1, -0.05) is 43.2 Å². The molecule has 2 N–H and O–H groups in total. The highest BCUT2D eigenvalue weighted by molar-refractivity contribution is 5.77. The first kappa shape index (κ1) is 15.8. The van der Waals surface area contributed by atoms with E-state index in [9.17, 15) is 23.1 Å². The lowest BCUT2D eigenvalue weighted by molar-refractivity contribution is -0.164. The molecule has 1 aromatic carbocycles. The van der Waals surface area contributed by atoms with Crippen LogP contribution in [0, 0.1) is 0 Å². The maximum absolute atomic E-state index is 13.1. The topological polar surface area (TPSA) is 49.3 Å². The summed E-state index contributed by atoms with van der Waals surface area (Å²) in [5, 5.41) is 12.1. The van der Waals surface area contributed by atoms with Gasteiger partial charge in [0, 0.05) is 0 Å². The summed E-state index contributed by atoms with van der Waals surface area (Å²) in [5.74, 6) is -0.773. The van der Waals surface area contributed by atoms with E-state index in [1.165, 1.54) is 24.3 Å². The van der Waals surface area contributed by atoms with Crippen LogP contribution < -0.4 is 5.32 Å². The highest BCUT2D eigenvalue weighted by atomic mass is 19.4. The molecule has 1 saturated carbocycles. The second kappa shape index (κ2) is 6.05. The normalized spacial score (nSPS) is 19.2. The summed E-state index contributed by atoms with van der Waals surface area (Å²) in [7, 11) is 0. The van der Waals surface area contributed by atoms with Gasteiger partial charge in [0.05, 0.1) is 12.0 Å². The lowest BCUT2D eigenvalue weighted by Gasteiger charge is -2.25. The molecule has 21 heavy (non-hydrogen) atoms. The number of rotatable bonds is 4. The van der Waals surface area contributed by atoms with Gasteiger partial charge in [-0.25, -0.2) is 0 Å². The summed E-state index contributed by atoms with van der Waals surface area (Å²) in [5.41, 5.74) is -1.17. The molecule has 1 unspecified atom stereocenters. The summed E-state index contributed by atoms with van der Waals surface area (Å²) in [6.07, 6.45) is -2.34. The minimum atomic E-state index is -4.57. The largest absolute Gasteiger partial charge is 0.412 e. The molecule has 1 aromatic rings. The number of nitrogens with one attached hydrogen (secondary N) is 1. The highest BCUT2D eigenvalue weighted by Crippen LogP contribution is 2.35. The monoisotopic (exact) mass is 301 g/mol. The molecule has 6 heteroatoms. The minimum Gasteiger partial charge on any atom is -0.389 e. The molecular formula is C15H18F3NO2. The zero-order valence-electron chi connectivity index (χ0n) is 11.5. The van der Waals surface area contributed by atoms with Crippen LogP contribution in [-0.2, 0) is 4.79 Å². The van der Waals surface area contributed by atoms with Crippen molar-refractivity contribution in [1.82, 2.24) is 5.32 Å². The van der Waals surface area contributed by atoms with Crippen LogP contribution in [0.15, 0.2) is 30.3 Å². The van der Waals surface area contributed by atoms with Gasteiger partial charge in [0.25, 0.3) is 0 Å². The Bertz CT molecular complexity index is 481. The van der Waals surface area contributed by atoms with Crippen LogP contribution in [0.3, 0.4) is 0 Å². The van der Waals surface area contributed by atoms with Crippen LogP contribution in [0.4, 0.5) is 13.2 Å². The molecule has 0 aromatic heterocycles. The number of benzene rings is 1. The van der Waals surface area contributed by atoms with Gasteiger partial charge in [-0.15, -0.1) is 0 Å².